The maximum absolute atomic E-state index is 2.55. The number of hydrogen-bond donors (Lipinski definition) is 0. The Morgan fingerprint density at radius 2 is 1.66 bits per heavy atom. The fourth-order valence-corrected chi connectivity index (χ4v) is 5.36. The van der Waals surface area contributed by atoms with Crippen molar-refractivity contribution in [1.29, 1.82) is 0 Å². The summed E-state index contributed by atoms with van der Waals surface area (Å²) in [7, 11) is 0. The SMILES string of the molecule is CC1=CC2c3ccccc3N(c3cc(C4=CC=CCC4)cc(-c4ccccc4)c3)C2C=C1. The maximum Gasteiger partial charge on any atom is 0.0629 e. The second-order valence-corrected chi connectivity index (χ2v) is 9.01. The minimum absolute atomic E-state index is 0.315. The lowest BCUT2D eigenvalue weighted by Crippen LogP contribution is -2.29. The van der Waals surface area contributed by atoms with Gasteiger partial charge in [0, 0.05) is 17.3 Å². The van der Waals surface area contributed by atoms with Gasteiger partial charge in [-0.3, -0.25) is 0 Å². The van der Waals surface area contributed by atoms with Gasteiger partial charge in [-0.25, -0.2) is 0 Å². The van der Waals surface area contributed by atoms with E-state index in [2.05, 4.69) is 121 Å². The van der Waals surface area contributed by atoms with Crippen LogP contribution in [0.2, 0.25) is 0 Å². The van der Waals surface area contributed by atoms with Gasteiger partial charge in [0.05, 0.1) is 6.04 Å². The number of rotatable bonds is 3. The quantitative estimate of drug-likeness (QED) is 0.418. The molecule has 32 heavy (non-hydrogen) atoms. The van der Waals surface area contributed by atoms with Gasteiger partial charge in [-0.2, -0.15) is 0 Å². The number of nitrogens with zero attached hydrogens (tertiary/aromatic N) is 1. The summed E-state index contributed by atoms with van der Waals surface area (Å²) >= 11 is 0. The van der Waals surface area contributed by atoms with Gasteiger partial charge in [-0.05, 0) is 71.9 Å². The number of fused-ring (bicyclic) bond motifs is 3. The molecule has 3 aromatic carbocycles. The third kappa shape index (κ3) is 3.26. The van der Waals surface area contributed by atoms with Crippen LogP contribution in [-0.4, -0.2) is 6.04 Å². The van der Waals surface area contributed by atoms with Crippen molar-refractivity contribution in [2.24, 2.45) is 0 Å². The monoisotopic (exact) mass is 413 g/mol. The average Bonchev–Trinajstić information content (AvgIpc) is 3.18. The molecule has 2 aliphatic carbocycles. The predicted octanol–water partition coefficient (Wildman–Crippen LogP) is 8.21. The lowest BCUT2D eigenvalue weighted by atomic mass is 9.88. The van der Waals surface area contributed by atoms with Crippen molar-refractivity contribution in [3.05, 3.63) is 126 Å². The zero-order valence-electron chi connectivity index (χ0n) is 18.4. The molecule has 0 aromatic heterocycles. The lowest BCUT2D eigenvalue weighted by Gasteiger charge is -2.30. The minimum Gasteiger partial charge on any atom is -0.333 e. The van der Waals surface area contributed by atoms with E-state index >= 15 is 0 Å². The third-order valence-corrected chi connectivity index (χ3v) is 6.91. The molecule has 0 fully saturated rings. The molecule has 2 unspecified atom stereocenters. The van der Waals surface area contributed by atoms with Gasteiger partial charge in [-0.1, -0.05) is 90.6 Å². The number of hydrogen-bond acceptors (Lipinski definition) is 1. The highest BCUT2D eigenvalue weighted by molar-refractivity contribution is 5.83. The summed E-state index contributed by atoms with van der Waals surface area (Å²) in [5, 5.41) is 0. The Balaban J connectivity index is 1.54. The Morgan fingerprint density at radius 1 is 0.844 bits per heavy atom. The fraction of sp³-hybridized carbons (Fsp3) is 0.161. The van der Waals surface area contributed by atoms with Crippen LogP contribution < -0.4 is 4.90 Å². The molecule has 156 valence electrons. The van der Waals surface area contributed by atoms with Crippen molar-refractivity contribution in [3.8, 4) is 11.1 Å². The van der Waals surface area contributed by atoms with E-state index in [4.69, 9.17) is 0 Å². The zero-order valence-corrected chi connectivity index (χ0v) is 18.4. The molecule has 1 heteroatoms. The van der Waals surface area contributed by atoms with Gasteiger partial charge in [0.1, 0.15) is 0 Å². The summed E-state index contributed by atoms with van der Waals surface area (Å²) in [5.41, 5.74) is 10.7. The van der Waals surface area contributed by atoms with Gasteiger partial charge in [0.2, 0.25) is 0 Å². The molecular formula is C31H27N. The topological polar surface area (TPSA) is 3.24 Å². The Labute approximate surface area is 190 Å². The molecule has 3 aliphatic rings. The molecule has 0 radical (unpaired) electrons. The van der Waals surface area contributed by atoms with Crippen LogP contribution in [0.5, 0.6) is 0 Å². The second-order valence-electron chi connectivity index (χ2n) is 9.01. The smallest absolute Gasteiger partial charge is 0.0629 e. The molecule has 2 atom stereocenters. The Bertz CT molecular complexity index is 1290. The van der Waals surface area contributed by atoms with Crippen molar-refractivity contribution < 1.29 is 0 Å². The highest BCUT2D eigenvalue weighted by Crippen LogP contribution is 2.49. The van der Waals surface area contributed by atoms with E-state index in [1.165, 1.54) is 44.8 Å². The molecular weight excluding hydrogens is 386 g/mol. The molecule has 1 aliphatic heterocycles. The number of benzene rings is 3. The Morgan fingerprint density at radius 3 is 2.50 bits per heavy atom. The van der Waals surface area contributed by atoms with Crippen molar-refractivity contribution in [2.45, 2.75) is 31.7 Å². The van der Waals surface area contributed by atoms with Crippen molar-refractivity contribution in [2.75, 3.05) is 4.90 Å². The summed E-state index contributed by atoms with van der Waals surface area (Å²) in [6.45, 7) is 2.20. The highest BCUT2D eigenvalue weighted by Gasteiger charge is 2.37. The first-order chi connectivity index (χ1) is 15.8. The zero-order chi connectivity index (χ0) is 21.5. The van der Waals surface area contributed by atoms with Gasteiger partial charge in [-0.15, -0.1) is 0 Å². The standard InChI is InChI=1S/C31H27N/c1-22-16-17-31-29(18-22)28-14-8-9-15-30(28)32(31)27-20-25(23-10-4-2-5-11-23)19-26(21-27)24-12-6-3-7-13-24/h2-6,8-12,14-21,29,31H,7,13H2,1H3. The predicted molar refractivity (Wildman–Crippen MR) is 136 cm³/mol. The van der Waals surface area contributed by atoms with Crippen LogP contribution in [0.25, 0.3) is 16.7 Å². The highest BCUT2D eigenvalue weighted by atomic mass is 15.2. The van der Waals surface area contributed by atoms with Crippen LogP contribution >= 0.6 is 0 Å². The van der Waals surface area contributed by atoms with Crippen molar-refractivity contribution in [1.82, 2.24) is 0 Å². The molecule has 0 spiro atoms. The molecule has 0 N–H and O–H groups in total. The molecule has 1 nitrogen and oxygen atoms in total. The first-order valence-corrected chi connectivity index (χ1v) is 11.6. The largest absolute Gasteiger partial charge is 0.333 e. The van der Waals surface area contributed by atoms with Crippen LogP contribution in [0.1, 0.15) is 36.8 Å². The number of para-hydroxylation sites is 1. The maximum atomic E-state index is 2.55. The van der Waals surface area contributed by atoms with Crippen LogP contribution in [0.4, 0.5) is 11.4 Å². The molecule has 0 amide bonds. The number of allylic oxidation sites excluding steroid dienone is 6. The first kappa shape index (κ1) is 19.1. The van der Waals surface area contributed by atoms with Crippen LogP contribution in [-0.2, 0) is 0 Å². The van der Waals surface area contributed by atoms with E-state index < -0.39 is 0 Å². The van der Waals surface area contributed by atoms with E-state index in [0.29, 0.717) is 12.0 Å². The van der Waals surface area contributed by atoms with Crippen LogP contribution in [0.15, 0.2) is 115 Å². The molecule has 6 rings (SSSR count). The summed E-state index contributed by atoms with van der Waals surface area (Å²) < 4.78 is 0. The normalized spacial score (nSPS) is 21.1. The Kier molecular flexibility index (Phi) is 4.69. The summed E-state index contributed by atoms with van der Waals surface area (Å²) in [6.07, 6.45) is 16.0. The van der Waals surface area contributed by atoms with E-state index in [0.717, 1.165) is 12.8 Å². The lowest BCUT2D eigenvalue weighted by molar-refractivity contribution is 0.738. The van der Waals surface area contributed by atoms with Gasteiger partial charge in [0.15, 0.2) is 0 Å². The average molecular weight is 414 g/mol. The van der Waals surface area contributed by atoms with Crippen LogP contribution in [0.3, 0.4) is 0 Å². The fourth-order valence-electron chi connectivity index (χ4n) is 5.36. The molecule has 3 aromatic rings. The molecule has 0 saturated heterocycles. The van der Waals surface area contributed by atoms with E-state index in [1.54, 1.807) is 0 Å². The summed E-state index contributed by atoms with van der Waals surface area (Å²) in [6, 6.07) is 27.1. The van der Waals surface area contributed by atoms with Crippen molar-refractivity contribution in [3.63, 3.8) is 0 Å². The van der Waals surface area contributed by atoms with Gasteiger partial charge >= 0.3 is 0 Å². The summed E-state index contributed by atoms with van der Waals surface area (Å²) in [5.74, 6) is 0.400. The van der Waals surface area contributed by atoms with Gasteiger partial charge < -0.3 is 4.90 Å². The van der Waals surface area contributed by atoms with Crippen molar-refractivity contribution >= 4 is 16.9 Å². The van der Waals surface area contributed by atoms with Gasteiger partial charge in [0.25, 0.3) is 0 Å². The van der Waals surface area contributed by atoms with E-state index in [9.17, 15) is 0 Å². The third-order valence-electron chi connectivity index (χ3n) is 6.91. The number of anilines is 2. The Hall–Kier alpha value is -3.58. The molecule has 0 saturated carbocycles. The molecule has 0 bridgehead atoms. The minimum atomic E-state index is 0.315. The van der Waals surface area contributed by atoms with E-state index in [-0.39, 0.29) is 0 Å². The summed E-state index contributed by atoms with van der Waals surface area (Å²) in [4.78, 5) is 2.55. The van der Waals surface area contributed by atoms with Crippen LogP contribution in [0, 0.1) is 0 Å². The first-order valence-electron chi connectivity index (χ1n) is 11.6. The van der Waals surface area contributed by atoms with E-state index in [1.807, 2.05) is 0 Å². The second kappa shape index (κ2) is 7.84. The molecule has 1 heterocycles.